The first-order valence-electron chi connectivity index (χ1n) is 15.0. The summed E-state index contributed by atoms with van der Waals surface area (Å²) in [4.78, 5) is 25.1. The lowest BCUT2D eigenvalue weighted by atomic mass is 9.78. The average Bonchev–Trinajstić information content (AvgIpc) is 3.82. The Labute approximate surface area is 240 Å². The molecule has 4 nitrogen and oxygen atoms in total. The van der Waals surface area contributed by atoms with Crippen molar-refractivity contribution in [1.29, 1.82) is 0 Å². The number of carbonyl (C=O) groups excluding carboxylic acids is 1. The van der Waals surface area contributed by atoms with E-state index in [1.54, 1.807) is 11.8 Å². The largest absolute Gasteiger partial charge is 0.363 e. The number of aromatic nitrogens is 1. The van der Waals surface area contributed by atoms with Crippen molar-refractivity contribution in [3.8, 4) is 0 Å². The van der Waals surface area contributed by atoms with Crippen LogP contribution in [0, 0.1) is 17.8 Å². The number of hydrogen-bond acceptors (Lipinski definition) is 4. The highest BCUT2D eigenvalue weighted by Gasteiger charge is 2.31. The molecule has 0 spiro atoms. The zero-order valence-electron chi connectivity index (χ0n) is 23.9. The predicted octanol–water partition coefficient (Wildman–Crippen LogP) is 8.66. The average molecular weight is 544 g/mol. The first kappa shape index (κ1) is 28.0. The predicted molar refractivity (Wildman–Crippen MR) is 167 cm³/mol. The van der Waals surface area contributed by atoms with Crippen LogP contribution >= 0.6 is 11.8 Å². The van der Waals surface area contributed by atoms with E-state index >= 15 is 0 Å². The van der Waals surface area contributed by atoms with Gasteiger partial charge in [0, 0.05) is 43.3 Å². The fraction of sp³-hybridized carbons (Fsp3) is 0.529. The molecular weight excluding hydrogens is 498 g/mol. The van der Waals surface area contributed by atoms with Gasteiger partial charge in [-0.1, -0.05) is 62.4 Å². The summed E-state index contributed by atoms with van der Waals surface area (Å²) in [5.41, 5.74) is 3.50. The van der Waals surface area contributed by atoms with Crippen LogP contribution in [0.1, 0.15) is 87.7 Å². The molecule has 1 heterocycles. The van der Waals surface area contributed by atoms with E-state index < -0.39 is 0 Å². The summed E-state index contributed by atoms with van der Waals surface area (Å²) in [5, 5.41) is 0. The normalized spacial score (nSPS) is 21.8. The van der Waals surface area contributed by atoms with Crippen molar-refractivity contribution in [3.63, 3.8) is 0 Å². The number of benzene rings is 1. The van der Waals surface area contributed by atoms with Crippen LogP contribution in [-0.4, -0.2) is 31.5 Å². The second-order valence-corrected chi connectivity index (χ2v) is 13.4. The van der Waals surface area contributed by atoms with Crippen molar-refractivity contribution in [2.75, 3.05) is 30.4 Å². The molecule has 0 unspecified atom stereocenters. The Hall–Kier alpha value is -2.53. The molecule has 1 aromatic carbocycles. The van der Waals surface area contributed by atoms with Crippen LogP contribution in [0.25, 0.3) is 4.91 Å². The third-order valence-electron chi connectivity index (χ3n) is 8.98. The quantitative estimate of drug-likeness (QED) is 0.300. The molecule has 3 aliphatic rings. The number of thioether (sulfide) groups is 1. The Kier molecular flexibility index (Phi) is 9.17. The van der Waals surface area contributed by atoms with Crippen LogP contribution in [0.2, 0.25) is 0 Å². The van der Waals surface area contributed by atoms with Gasteiger partial charge >= 0.3 is 0 Å². The van der Waals surface area contributed by atoms with Crippen molar-refractivity contribution in [2.24, 2.45) is 17.8 Å². The molecule has 1 aromatic heterocycles. The Balaban J connectivity index is 1.28. The summed E-state index contributed by atoms with van der Waals surface area (Å²) >= 11 is 1.72. The molecule has 5 rings (SSSR count). The molecule has 0 bridgehead atoms. The van der Waals surface area contributed by atoms with E-state index in [0.717, 1.165) is 67.0 Å². The first-order valence-corrected chi connectivity index (χ1v) is 15.8. The van der Waals surface area contributed by atoms with Gasteiger partial charge in [-0.2, -0.15) is 0 Å². The van der Waals surface area contributed by atoms with Gasteiger partial charge in [0.1, 0.15) is 5.82 Å². The minimum Gasteiger partial charge on any atom is -0.363 e. The van der Waals surface area contributed by atoms with Crippen molar-refractivity contribution < 1.29 is 4.79 Å². The summed E-state index contributed by atoms with van der Waals surface area (Å²) in [6.07, 6.45) is 14.9. The van der Waals surface area contributed by atoms with Gasteiger partial charge in [0.15, 0.2) is 0 Å². The maximum absolute atomic E-state index is 14.0. The second-order valence-electron chi connectivity index (χ2n) is 12.2. The summed E-state index contributed by atoms with van der Waals surface area (Å²) in [6.45, 7) is 9.46. The molecule has 5 heteroatoms. The van der Waals surface area contributed by atoms with Gasteiger partial charge in [0.2, 0.25) is 5.91 Å². The van der Waals surface area contributed by atoms with Gasteiger partial charge in [0.05, 0.1) is 0 Å². The van der Waals surface area contributed by atoms with Crippen LogP contribution < -0.4 is 9.80 Å². The molecule has 2 aromatic rings. The number of rotatable bonds is 10. The van der Waals surface area contributed by atoms with E-state index in [9.17, 15) is 4.79 Å². The minimum absolute atomic E-state index is 0.159. The summed E-state index contributed by atoms with van der Waals surface area (Å²) < 4.78 is 0. The molecule has 3 aliphatic carbocycles. The third-order valence-corrected chi connectivity index (χ3v) is 10.1. The van der Waals surface area contributed by atoms with Crippen molar-refractivity contribution >= 4 is 34.1 Å². The second kappa shape index (κ2) is 12.8. The smallest absolute Gasteiger partial charge is 0.230 e. The van der Waals surface area contributed by atoms with Crippen LogP contribution in [0.15, 0.2) is 60.7 Å². The number of pyridine rings is 1. The van der Waals surface area contributed by atoms with Gasteiger partial charge in [-0.05, 0) is 103 Å². The summed E-state index contributed by atoms with van der Waals surface area (Å²) in [7, 11) is 4.06. The van der Waals surface area contributed by atoms with Gasteiger partial charge in [-0.25, -0.2) is 4.98 Å². The lowest BCUT2D eigenvalue weighted by Gasteiger charge is -2.35. The van der Waals surface area contributed by atoms with E-state index in [0.29, 0.717) is 23.7 Å². The Bertz CT molecular complexity index is 1160. The third kappa shape index (κ3) is 7.16. The molecule has 0 aliphatic heterocycles. The van der Waals surface area contributed by atoms with Crippen LogP contribution in [0.3, 0.4) is 0 Å². The standard InChI is InChI=1S/C34H45N3OS/c1-24(27-17-18-27)39-25(2)30-11-8-12-32(21-30)37(34(38)29-9-6-5-7-10-29)23-26-13-15-28(16-14-26)31-19-20-33(35-22-31)36(3)4/h8,11-12,19-22,26-29H,1-2,5-7,9-10,13-18,23H2,3-4H3. The fourth-order valence-electron chi connectivity index (χ4n) is 6.29. The topological polar surface area (TPSA) is 36.4 Å². The molecule has 0 atom stereocenters. The molecule has 0 N–H and O–H groups in total. The monoisotopic (exact) mass is 543 g/mol. The number of amides is 1. The van der Waals surface area contributed by atoms with E-state index in [2.05, 4.69) is 65.6 Å². The molecule has 39 heavy (non-hydrogen) atoms. The van der Waals surface area contributed by atoms with Crippen LogP contribution in [0.5, 0.6) is 0 Å². The highest BCUT2D eigenvalue weighted by molar-refractivity contribution is 8.11. The zero-order valence-corrected chi connectivity index (χ0v) is 24.7. The van der Waals surface area contributed by atoms with Crippen molar-refractivity contribution in [2.45, 2.75) is 76.5 Å². The summed E-state index contributed by atoms with van der Waals surface area (Å²) in [5.74, 6) is 3.24. The number of nitrogens with zero attached hydrogens (tertiary/aromatic N) is 3. The van der Waals surface area contributed by atoms with Crippen LogP contribution in [-0.2, 0) is 4.79 Å². The van der Waals surface area contributed by atoms with Gasteiger partial charge in [-0.3, -0.25) is 4.79 Å². The maximum atomic E-state index is 14.0. The van der Waals surface area contributed by atoms with Crippen molar-refractivity contribution in [3.05, 3.63) is 71.8 Å². The molecule has 3 fully saturated rings. The highest BCUT2D eigenvalue weighted by atomic mass is 32.2. The number of carbonyl (C=O) groups is 1. The molecular formula is C34H45N3OS. The van der Waals surface area contributed by atoms with Crippen molar-refractivity contribution in [1.82, 2.24) is 4.98 Å². The van der Waals surface area contributed by atoms with E-state index in [-0.39, 0.29) is 5.92 Å². The number of allylic oxidation sites excluding steroid dienone is 1. The molecule has 0 saturated heterocycles. The van der Waals surface area contributed by atoms with E-state index in [1.807, 2.05) is 19.0 Å². The fourth-order valence-corrected chi connectivity index (χ4v) is 7.25. The summed E-state index contributed by atoms with van der Waals surface area (Å²) in [6, 6.07) is 12.9. The lowest BCUT2D eigenvalue weighted by molar-refractivity contribution is -0.123. The van der Waals surface area contributed by atoms with E-state index in [4.69, 9.17) is 0 Å². The zero-order chi connectivity index (χ0) is 27.4. The van der Waals surface area contributed by atoms with E-state index in [1.165, 1.54) is 42.6 Å². The van der Waals surface area contributed by atoms with Gasteiger partial charge in [0.25, 0.3) is 0 Å². The minimum atomic E-state index is 0.159. The lowest BCUT2D eigenvalue weighted by Crippen LogP contribution is -2.41. The molecule has 208 valence electrons. The number of anilines is 2. The SMILES string of the molecule is C=C(SC(=C)C1CC1)c1cccc(N(CC2CCC(c3ccc(N(C)C)nc3)CC2)C(=O)C2CCCCC2)c1. The first-order chi connectivity index (χ1) is 18.9. The molecule has 3 saturated carbocycles. The Morgan fingerprint density at radius 1 is 0.923 bits per heavy atom. The maximum Gasteiger partial charge on any atom is 0.230 e. The highest BCUT2D eigenvalue weighted by Crippen LogP contribution is 2.46. The Morgan fingerprint density at radius 3 is 2.31 bits per heavy atom. The van der Waals surface area contributed by atoms with Crippen LogP contribution in [0.4, 0.5) is 11.5 Å². The number of hydrogen-bond donors (Lipinski definition) is 0. The Morgan fingerprint density at radius 2 is 1.67 bits per heavy atom. The van der Waals surface area contributed by atoms with Gasteiger partial charge in [-0.15, -0.1) is 0 Å². The molecule has 0 radical (unpaired) electrons. The van der Waals surface area contributed by atoms with Gasteiger partial charge < -0.3 is 9.80 Å². The molecule has 1 amide bonds.